The lowest BCUT2D eigenvalue weighted by atomic mass is 10.1. The number of aliphatic hydroxyl groups is 1. The Kier molecular flexibility index (Phi) is 28.9. The Hall–Kier alpha value is -2.42. The zero-order valence-corrected chi connectivity index (χ0v) is 27.9. The van der Waals surface area contributed by atoms with Crippen LogP contribution < -0.4 is 10.6 Å². The summed E-state index contributed by atoms with van der Waals surface area (Å²) in [4.78, 5) is 47.2. The van der Waals surface area contributed by atoms with Crippen molar-refractivity contribution in [2.75, 3.05) is 13.2 Å². The van der Waals surface area contributed by atoms with Crippen LogP contribution in [-0.2, 0) is 23.9 Å². The van der Waals surface area contributed by atoms with Crippen molar-refractivity contribution in [3.63, 3.8) is 0 Å². The van der Waals surface area contributed by atoms with Crippen molar-refractivity contribution >= 4 is 23.8 Å². The van der Waals surface area contributed by atoms with Crippen LogP contribution in [0.4, 0.5) is 0 Å². The Morgan fingerprint density at radius 2 is 1.20 bits per heavy atom. The van der Waals surface area contributed by atoms with Crippen LogP contribution >= 0.6 is 0 Å². The van der Waals surface area contributed by atoms with Crippen molar-refractivity contribution in [1.82, 2.24) is 10.6 Å². The van der Waals surface area contributed by atoms with E-state index in [0.717, 1.165) is 51.4 Å². The summed E-state index contributed by atoms with van der Waals surface area (Å²) in [6.07, 6.45) is 28.3. The largest absolute Gasteiger partial charge is 0.480 e. The third-order valence-corrected chi connectivity index (χ3v) is 7.75. The maximum Gasteiger partial charge on any atom is 0.328 e. The number of carbonyl (C=O) groups excluding carboxylic acids is 3. The molecule has 9 nitrogen and oxygen atoms in total. The quantitative estimate of drug-likeness (QED) is 0.0365. The smallest absolute Gasteiger partial charge is 0.328 e. The molecular formula is C35H64N2O7. The van der Waals surface area contributed by atoms with Crippen molar-refractivity contribution in [2.45, 2.75) is 174 Å². The predicted octanol–water partition coefficient (Wildman–Crippen LogP) is 7.14. The van der Waals surface area contributed by atoms with E-state index in [-0.39, 0.29) is 30.9 Å². The van der Waals surface area contributed by atoms with Crippen LogP contribution in [-0.4, -0.2) is 59.3 Å². The van der Waals surface area contributed by atoms with Gasteiger partial charge in [-0.1, -0.05) is 116 Å². The van der Waals surface area contributed by atoms with Gasteiger partial charge in [-0.2, -0.15) is 0 Å². The molecule has 0 aromatic rings. The molecule has 0 aromatic heterocycles. The van der Waals surface area contributed by atoms with E-state index in [1.54, 1.807) is 0 Å². The zero-order valence-electron chi connectivity index (χ0n) is 27.9. The molecular weight excluding hydrogens is 560 g/mol. The van der Waals surface area contributed by atoms with Crippen molar-refractivity contribution in [1.29, 1.82) is 0 Å². The van der Waals surface area contributed by atoms with Gasteiger partial charge in [0, 0.05) is 12.8 Å². The second-order valence-corrected chi connectivity index (χ2v) is 12.0. The number of rotatable bonds is 31. The molecule has 0 aliphatic heterocycles. The number of aliphatic carboxylic acids is 1. The molecule has 0 radical (unpaired) electrons. The van der Waals surface area contributed by atoms with E-state index < -0.39 is 24.5 Å². The average Bonchev–Trinajstić information content (AvgIpc) is 3.00. The molecule has 0 saturated heterocycles. The molecule has 0 fully saturated rings. The molecule has 2 unspecified atom stereocenters. The van der Waals surface area contributed by atoms with E-state index in [4.69, 9.17) is 14.9 Å². The van der Waals surface area contributed by atoms with Crippen molar-refractivity contribution in [2.24, 2.45) is 0 Å². The van der Waals surface area contributed by atoms with Gasteiger partial charge in [0.05, 0.1) is 13.2 Å². The number of hydrogen-bond acceptors (Lipinski definition) is 6. The van der Waals surface area contributed by atoms with Gasteiger partial charge in [0.1, 0.15) is 12.1 Å². The molecule has 0 spiro atoms. The highest BCUT2D eigenvalue weighted by molar-refractivity contribution is 5.87. The van der Waals surface area contributed by atoms with Gasteiger partial charge in [0.25, 0.3) is 0 Å². The van der Waals surface area contributed by atoms with Crippen molar-refractivity contribution in [3.8, 4) is 0 Å². The third kappa shape index (κ3) is 27.2. The summed E-state index contributed by atoms with van der Waals surface area (Å²) >= 11 is 0. The third-order valence-electron chi connectivity index (χ3n) is 7.75. The van der Waals surface area contributed by atoms with Crippen LogP contribution in [0, 0.1) is 0 Å². The van der Waals surface area contributed by atoms with Gasteiger partial charge in [-0.05, 0) is 44.6 Å². The number of allylic oxidation sites excluding steroid dienone is 1. The Bertz CT molecular complexity index is 772. The Balaban J connectivity index is 4.33. The Morgan fingerprint density at radius 1 is 0.682 bits per heavy atom. The van der Waals surface area contributed by atoms with E-state index in [1.165, 1.54) is 77.0 Å². The monoisotopic (exact) mass is 624 g/mol. The standard InChI is InChI=1S/C35H64N2O7/c1-3-5-7-9-11-13-15-17-23-27-34(41)44-30(24-20-16-14-12-10-8-6-4-2)25-21-18-19-22-26-32(39)36-28-33(40)37-31(29-38)35(42)43/h20,24,30-31,38H,3-19,21-23,25-29H2,1-2H3,(H,36,39)(H,37,40)(H,42,43)/b24-20-. The normalized spacial score (nSPS) is 12.6. The van der Waals surface area contributed by atoms with Gasteiger partial charge < -0.3 is 25.6 Å². The first-order chi connectivity index (χ1) is 21.3. The second-order valence-electron chi connectivity index (χ2n) is 12.0. The fraction of sp³-hybridized carbons (Fsp3) is 0.829. The van der Waals surface area contributed by atoms with E-state index in [2.05, 4.69) is 36.6 Å². The predicted molar refractivity (Wildman–Crippen MR) is 176 cm³/mol. The maximum atomic E-state index is 12.6. The summed E-state index contributed by atoms with van der Waals surface area (Å²) in [6, 6.07) is -1.39. The Morgan fingerprint density at radius 3 is 1.77 bits per heavy atom. The zero-order chi connectivity index (χ0) is 32.7. The van der Waals surface area contributed by atoms with Crippen molar-refractivity contribution in [3.05, 3.63) is 12.2 Å². The number of amides is 2. The van der Waals surface area contributed by atoms with Gasteiger partial charge in [-0.15, -0.1) is 0 Å². The minimum atomic E-state index is -1.39. The summed E-state index contributed by atoms with van der Waals surface area (Å²) in [6.45, 7) is 3.40. The van der Waals surface area contributed by atoms with E-state index in [0.29, 0.717) is 12.8 Å². The van der Waals surface area contributed by atoms with Gasteiger partial charge in [0.2, 0.25) is 11.8 Å². The number of carboxylic acids is 1. The number of aliphatic hydroxyl groups excluding tert-OH is 1. The highest BCUT2D eigenvalue weighted by atomic mass is 16.5. The summed E-state index contributed by atoms with van der Waals surface area (Å²) < 4.78 is 5.85. The van der Waals surface area contributed by atoms with Crippen LogP contribution in [0.2, 0.25) is 0 Å². The molecule has 0 bridgehead atoms. The van der Waals surface area contributed by atoms with Crippen LogP contribution in [0.5, 0.6) is 0 Å². The van der Waals surface area contributed by atoms with Crippen LogP contribution in [0.15, 0.2) is 12.2 Å². The summed E-state index contributed by atoms with van der Waals surface area (Å²) in [5.74, 6) is -2.40. The van der Waals surface area contributed by atoms with E-state index in [1.807, 2.05) is 0 Å². The van der Waals surface area contributed by atoms with Gasteiger partial charge in [0.15, 0.2) is 0 Å². The molecule has 2 atom stereocenters. The van der Waals surface area contributed by atoms with Gasteiger partial charge in [-0.3, -0.25) is 14.4 Å². The van der Waals surface area contributed by atoms with Crippen molar-refractivity contribution < 1.29 is 34.1 Å². The lowest BCUT2D eigenvalue weighted by Crippen LogP contribution is -2.47. The number of ether oxygens (including phenoxy) is 1. The molecule has 0 aliphatic carbocycles. The van der Waals surface area contributed by atoms with Crippen LogP contribution in [0.3, 0.4) is 0 Å². The first-order valence-electron chi connectivity index (χ1n) is 17.6. The first kappa shape index (κ1) is 41.6. The van der Waals surface area contributed by atoms with Crippen LogP contribution in [0.1, 0.15) is 162 Å². The number of hydrogen-bond donors (Lipinski definition) is 4. The highest BCUT2D eigenvalue weighted by Gasteiger charge is 2.18. The van der Waals surface area contributed by atoms with Gasteiger partial charge in [-0.25, -0.2) is 4.79 Å². The highest BCUT2D eigenvalue weighted by Crippen LogP contribution is 2.15. The lowest BCUT2D eigenvalue weighted by Gasteiger charge is -2.15. The number of carboxylic acid groups (broad SMARTS) is 1. The minimum Gasteiger partial charge on any atom is -0.480 e. The molecule has 0 heterocycles. The molecule has 0 saturated carbocycles. The lowest BCUT2D eigenvalue weighted by molar-refractivity contribution is -0.147. The summed E-state index contributed by atoms with van der Waals surface area (Å²) in [5.41, 5.74) is 0. The Labute approximate surface area is 267 Å². The SMILES string of the molecule is CCCCCCCC/C=C\C(CCCCCCC(=O)NCC(=O)NC(CO)C(=O)O)OC(=O)CCCCCCCCCCC. The van der Waals surface area contributed by atoms with Gasteiger partial charge >= 0.3 is 11.9 Å². The summed E-state index contributed by atoms with van der Waals surface area (Å²) in [5, 5.41) is 22.4. The molecule has 0 aromatic carbocycles. The fourth-order valence-electron chi connectivity index (χ4n) is 4.98. The van der Waals surface area contributed by atoms with E-state index >= 15 is 0 Å². The number of unbranched alkanes of at least 4 members (excludes halogenated alkanes) is 17. The second kappa shape index (κ2) is 30.6. The molecule has 44 heavy (non-hydrogen) atoms. The number of esters is 1. The van der Waals surface area contributed by atoms with Crippen LogP contribution in [0.25, 0.3) is 0 Å². The number of carbonyl (C=O) groups is 4. The fourth-order valence-corrected chi connectivity index (χ4v) is 4.98. The molecule has 4 N–H and O–H groups in total. The summed E-state index contributed by atoms with van der Waals surface area (Å²) in [7, 11) is 0. The molecule has 0 aliphatic rings. The molecule has 9 heteroatoms. The average molecular weight is 625 g/mol. The topological polar surface area (TPSA) is 142 Å². The number of nitrogens with one attached hydrogen (secondary N) is 2. The minimum absolute atomic E-state index is 0.114. The molecule has 0 rings (SSSR count). The molecule has 2 amide bonds. The first-order valence-corrected chi connectivity index (χ1v) is 17.6. The molecule has 256 valence electrons. The van der Waals surface area contributed by atoms with E-state index in [9.17, 15) is 19.2 Å². The maximum absolute atomic E-state index is 12.6.